The second-order valence-electron chi connectivity index (χ2n) is 3.98. The van der Waals surface area contributed by atoms with Gasteiger partial charge in [-0.15, -0.1) is 0 Å². The van der Waals surface area contributed by atoms with Gasteiger partial charge in [0.1, 0.15) is 0 Å². The SMILES string of the molecule is CCOc1ccc(NC(=O)c2ccc(O)c(O)c2)cn1. The minimum Gasteiger partial charge on any atom is -0.504 e. The molecule has 0 aliphatic rings. The third kappa shape index (κ3) is 3.17. The van der Waals surface area contributed by atoms with E-state index in [1.807, 2.05) is 6.92 Å². The van der Waals surface area contributed by atoms with E-state index in [1.165, 1.54) is 24.4 Å². The predicted octanol–water partition coefficient (Wildman–Crippen LogP) is 2.14. The van der Waals surface area contributed by atoms with Crippen LogP contribution in [0.3, 0.4) is 0 Å². The van der Waals surface area contributed by atoms with Crippen LogP contribution in [0, 0.1) is 0 Å². The zero-order valence-electron chi connectivity index (χ0n) is 10.8. The molecule has 2 aromatic rings. The maximum atomic E-state index is 11.9. The molecule has 1 amide bonds. The summed E-state index contributed by atoms with van der Waals surface area (Å²) in [5, 5.41) is 21.2. The molecule has 0 radical (unpaired) electrons. The van der Waals surface area contributed by atoms with Crippen LogP contribution in [0.2, 0.25) is 0 Å². The maximum absolute atomic E-state index is 11.9. The Hall–Kier alpha value is -2.76. The van der Waals surface area contributed by atoms with Crippen molar-refractivity contribution in [1.29, 1.82) is 0 Å². The summed E-state index contributed by atoms with van der Waals surface area (Å²) in [6, 6.07) is 7.16. The first kappa shape index (κ1) is 13.7. The molecule has 1 aromatic heterocycles. The minimum absolute atomic E-state index is 0.231. The van der Waals surface area contributed by atoms with Crippen molar-refractivity contribution in [3.63, 3.8) is 0 Å². The molecule has 6 heteroatoms. The Morgan fingerprint density at radius 2 is 2.05 bits per heavy atom. The van der Waals surface area contributed by atoms with E-state index < -0.39 is 5.91 Å². The molecule has 0 bridgehead atoms. The van der Waals surface area contributed by atoms with E-state index in [2.05, 4.69) is 10.3 Å². The Morgan fingerprint density at radius 1 is 1.25 bits per heavy atom. The van der Waals surface area contributed by atoms with Crippen molar-refractivity contribution in [2.24, 2.45) is 0 Å². The summed E-state index contributed by atoms with van der Waals surface area (Å²) < 4.78 is 5.19. The highest BCUT2D eigenvalue weighted by Crippen LogP contribution is 2.25. The van der Waals surface area contributed by atoms with Gasteiger partial charge in [-0.25, -0.2) is 4.98 Å². The van der Waals surface area contributed by atoms with Gasteiger partial charge in [-0.3, -0.25) is 4.79 Å². The van der Waals surface area contributed by atoms with Crippen molar-refractivity contribution < 1.29 is 19.7 Å². The van der Waals surface area contributed by atoms with Crippen LogP contribution in [0.4, 0.5) is 5.69 Å². The molecule has 2 rings (SSSR count). The Bertz CT molecular complexity index is 611. The fourth-order valence-electron chi connectivity index (χ4n) is 1.56. The van der Waals surface area contributed by atoms with Gasteiger partial charge in [0.05, 0.1) is 18.5 Å². The number of nitrogens with one attached hydrogen (secondary N) is 1. The number of anilines is 1. The van der Waals surface area contributed by atoms with Crippen LogP contribution in [0.1, 0.15) is 17.3 Å². The normalized spacial score (nSPS) is 10.1. The van der Waals surface area contributed by atoms with Gasteiger partial charge in [-0.05, 0) is 31.2 Å². The van der Waals surface area contributed by atoms with Crippen LogP contribution in [-0.2, 0) is 0 Å². The largest absolute Gasteiger partial charge is 0.504 e. The van der Waals surface area contributed by atoms with Crippen molar-refractivity contribution in [2.45, 2.75) is 6.92 Å². The van der Waals surface area contributed by atoms with E-state index in [-0.39, 0.29) is 17.1 Å². The standard InChI is InChI=1S/C14H14N2O4/c1-2-20-13-6-4-10(8-15-13)16-14(19)9-3-5-11(17)12(18)7-9/h3-8,17-18H,2H2,1H3,(H,16,19). The summed E-state index contributed by atoms with van der Waals surface area (Å²) in [7, 11) is 0. The highest BCUT2D eigenvalue weighted by Gasteiger charge is 2.09. The number of nitrogens with zero attached hydrogens (tertiary/aromatic N) is 1. The molecule has 0 atom stereocenters. The average Bonchev–Trinajstić information content (AvgIpc) is 2.44. The molecule has 0 unspecified atom stereocenters. The van der Waals surface area contributed by atoms with Gasteiger partial charge in [0.25, 0.3) is 5.91 Å². The molecule has 0 saturated heterocycles. The molecule has 0 fully saturated rings. The summed E-state index contributed by atoms with van der Waals surface area (Å²) in [5.74, 6) is -0.550. The summed E-state index contributed by atoms with van der Waals surface area (Å²) in [6.07, 6.45) is 1.48. The van der Waals surface area contributed by atoms with Gasteiger partial charge >= 0.3 is 0 Å². The average molecular weight is 274 g/mol. The molecule has 0 aliphatic heterocycles. The van der Waals surface area contributed by atoms with Gasteiger partial charge in [0, 0.05) is 11.6 Å². The quantitative estimate of drug-likeness (QED) is 0.743. The second kappa shape index (κ2) is 5.92. The molecule has 0 aliphatic carbocycles. The highest BCUT2D eigenvalue weighted by molar-refractivity contribution is 6.04. The monoisotopic (exact) mass is 274 g/mol. The number of phenolic OH excluding ortho intramolecular Hbond substituents is 2. The van der Waals surface area contributed by atoms with Crippen LogP contribution in [0.25, 0.3) is 0 Å². The minimum atomic E-state index is -0.411. The summed E-state index contributed by atoms with van der Waals surface area (Å²) in [6.45, 7) is 2.38. The van der Waals surface area contributed by atoms with Crippen molar-refractivity contribution in [3.8, 4) is 17.4 Å². The van der Waals surface area contributed by atoms with Crippen molar-refractivity contribution in [1.82, 2.24) is 4.98 Å². The van der Waals surface area contributed by atoms with E-state index in [0.717, 1.165) is 0 Å². The molecule has 1 aromatic carbocycles. The Kier molecular flexibility index (Phi) is 4.05. The van der Waals surface area contributed by atoms with Crippen LogP contribution >= 0.6 is 0 Å². The molecular weight excluding hydrogens is 260 g/mol. The third-order valence-electron chi connectivity index (χ3n) is 2.52. The smallest absolute Gasteiger partial charge is 0.255 e. The highest BCUT2D eigenvalue weighted by atomic mass is 16.5. The molecule has 3 N–H and O–H groups in total. The number of pyridine rings is 1. The van der Waals surface area contributed by atoms with Gasteiger partial charge in [-0.2, -0.15) is 0 Å². The van der Waals surface area contributed by atoms with Crippen molar-refractivity contribution in [2.75, 3.05) is 11.9 Å². The lowest BCUT2D eigenvalue weighted by molar-refractivity contribution is 0.102. The molecule has 104 valence electrons. The number of ether oxygens (including phenoxy) is 1. The summed E-state index contributed by atoms with van der Waals surface area (Å²) in [4.78, 5) is 15.9. The molecule has 0 spiro atoms. The van der Waals surface area contributed by atoms with E-state index in [4.69, 9.17) is 4.74 Å². The van der Waals surface area contributed by atoms with Gasteiger partial charge < -0.3 is 20.3 Å². The molecule has 1 heterocycles. The zero-order chi connectivity index (χ0) is 14.5. The number of hydrogen-bond acceptors (Lipinski definition) is 5. The lowest BCUT2D eigenvalue weighted by atomic mass is 10.2. The lowest BCUT2D eigenvalue weighted by Crippen LogP contribution is -2.11. The van der Waals surface area contributed by atoms with E-state index >= 15 is 0 Å². The fourth-order valence-corrected chi connectivity index (χ4v) is 1.56. The van der Waals surface area contributed by atoms with Crippen LogP contribution in [-0.4, -0.2) is 27.7 Å². The fraction of sp³-hybridized carbons (Fsp3) is 0.143. The Balaban J connectivity index is 2.08. The summed E-state index contributed by atoms with van der Waals surface area (Å²) in [5.41, 5.74) is 0.736. The second-order valence-corrected chi connectivity index (χ2v) is 3.98. The number of aromatic hydroxyl groups is 2. The first-order valence-electron chi connectivity index (χ1n) is 6.02. The zero-order valence-corrected chi connectivity index (χ0v) is 10.8. The first-order valence-corrected chi connectivity index (χ1v) is 6.02. The molecular formula is C14H14N2O4. The van der Waals surface area contributed by atoms with Crippen LogP contribution in [0.15, 0.2) is 36.5 Å². The lowest BCUT2D eigenvalue weighted by Gasteiger charge is -2.07. The summed E-state index contributed by atoms with van der Waals surface area (Å²) >= 11 is 0. The van der Waals surface area contributed by atoms with Gasteiger partial charge in [0.2, 0.25) is 5.88 Å². The Labute approximate surface area is 115 Å². The number of amides is 1. The number of aromatic nitrogens is 1. The van der Waals surface area contributed by atoms with Crippen LogP contribution < -0.4 is 10.1 Å². The topological polar surface area (TPSA) is 91.7 Å². The molecule has 20 heavy (non-hydrogen) atoms. The molecule has 0 saturated carbocycles. The number of rotatable bonds is 4. The number of phenols is 2. The Morgan fingerprint density at radius 3 is 2.65 bits per heavy atom. The van der Waals surface area contributed by atoms with Crippen LogP contribution in [0.5, 0.6) is 17.4 Å². The van der Waals surface area contributed by atoms with Gasteiger partial charge in [-0.1, -0.05) is 0 Å². The van der Waals surface area contributed by atoms with E-state index in [1.54, 1.807) is 12.1 Å². The molecule has 6 nitrogen and oxygen atoms in total. The number of benzene rings is 1. The predicted molar refractivity (Wildman–Crippen MR) is 73.1 cm³/mol. The van der Waals surface area contributed by atoms with Gasteiger partial charge in [0.15, 0.2) is 11.5 Å². The van der Waals surface area contributed by atoms with E-state index in [9.17, 15) is 15.0 Å². The maximum Gasteiger partial charge on any atom is 0.255 e. The third-order valence-corrected chi connectivity index (χ3v) is 2.52. The first-order chi connectivity index (χ1) is 9.60. The van der Waals surface area contributed by atoms with Crippen molar-refractivity contribution >= 4 is 11.6 Å². The number of hydrogen-bond donors (Lipinski definition) is 3. The van der Waals surface area contributed by atoms with E-state index in [0.29, 0.717) is 18.2 Å². The van der Waals surface area contributed by atoms with Crippen molar-refractivity contribution in [3.05, 3.63) is 42.1 Å². The number of carbonyl (C=O) groups is 1. The number of carbonyl (C=O) groups excluding carboxylic acids is 1.